The fourth-order valence-electron chi connectivity index (χ4n) is 4.58. The number of unbranched alkanes of at least 4 members (excludes halogenated alkanes) is 1. The van der Waals surface area contributed by atoms with Crippen molar-refractivity contribution in [3.8, 4) is 11.5 Å². The summed E-state index contributed by atoms with van der Waals surface area (Å²) in [6.45, 7) is 7.62. The smallest absolute Gasteiger partial charge is 0.273 e. The van der Waals surface area contributed by atoms with E-state index in [1.165, 1.54) is 14.0 Å². The van der Waals surface area contributed by atoms with Gasteiger partial charge < -0.3 is 14.8 Å². The highest BCUT2D eigenvalue weighted by atomic mass is 32.2. The van der Waals surface area contributed by atoms with Gasteiger partial charge in [-0.15, -0.1) is 0 Å². The molecule has 1 unspecified atom stereocenters. The van der Waals surface area contributed by atoms with Crippen LogP contribution in [0.25, 0.3) is 0 Å². The van der Waals surface area contributed by atoms with Gasteiger partial charge in [0.1, 0.15) is 9.84 Å². The first-order valence-electron chi connectivity index (χ1n) is 12.9. The lowest BCUT2D eigenvalue weighted by Crippen LogP contribution is -2.26. The molecule has 1 aliphatic rings. The molecule has 1 aliphatic heterocycles. The molecule has 0 saturated carbocycles. The molecule has 0 fully saturated rings. The first-order chi connectivity index (χ1) is 18.4. The Kier molecular flexibility index (Phi) is 10.1. The summed E-state index contributed by atoms with van der Waals surface area (Å²) in [4.78, 5) is 39.4. The average Bonchev–Trinajstić information content (AvgIpc) is 3.11. The summed E-state index contributed by atoms with van der Waals surface area (Å²) < 4.78 is 36.9. The first-order valence-corrected chi connectivity index (χ1v) is 15.8. The van der Waals surface area contributed by atoms with Crippen LogP contribution < -0.4 is 14.8 Å². The molecule has 3 rings (SSSR count). The largest absolute Gasteiger partial charge is 0.493 e. The summed E-state index contributed by atoms with van der Waals surface area (Å²) in [6.07, 6.45) is 3.89. The molecular formula is C28H36N2O7S2. The molecule has 39 heavy (non-hydrogen) atoms. The van der Waals surface area contributed by atoms with Crippen LogP contribution in [-0.2, 0) is 14.6 Å². The molecular weight excluding hydrogens is 540 g/mol. The van der Waals surface area contributed by atoms with Crippen LogP contribution in [0.1, 0.15) is 90.0 Å². The second-order valence-electron chi connectivity index (χ2n) is 9.61. The van der Waals surface area contributed by atoms with Gasteiger partial charge in [-0.1, -0.05) is 38.8 Å². The van der Waals surface area contributed by atoms with Gasteiger partial charge in [0.05, 0.1) is 41.5 Å². The van der Waals surface area contributed by atoms with E-state index in [9.17, 15) is 22.8 Å². The van der Waals surface area contributed by atoms with Crippen LogP contribution in [0.3, 0.4) is 0 Å². The number of hydrogen-bond acceptors (Lipinski definition) is 8. The lowest BCUT2D eigenvalue weighted by Gasteiger charge is -2.22. The van der Waals surface area contributed by atoms with Crippen molar-refractivity contribution in [2.75, 3.05) is 31.0 Å². The number of sulfone groups is 1. The van der Waals surface area contributed by atoms with Crippen molar-refractivity contribution < 1.29 is 32.3 Å². The lowest BCUT2D eigenvalue weighted by molar-refractivity contribution is -0.114. The minimum Gasteiger partial charge on any atom is -0.493 e. The number of ether oxygens (including phenoxy) is 2. The van der Waals surface area contributed by atoms with Crippen LogP contribution in [0, 0.1) is 0 Å². The van der Waals surface area contributed by atoms with Crippen molar-refractivity contribution in [2.24, 2.45) is 0 Å². The third kappa shape index (κ3) is 7.13. The molecule has 0 bridgehead atoms. The number of benzene rings is 2. The number of carbonyl (C=O) groups is 3. The average molecular weight is 577 g/mol. The van der Waals surface area contributed by atoms with Crippen LogP contribution in [-0.4, -0.2) is 56.2 Å². The van der Waals surface area contributed by atoms with Gasteiger partial charge in [0.25, 0.3) is 11.8 Å². The molecule has 2 atom stereocenters. The monoisotopic (exact) mass is 576 g/mol. The Bertz CT molecular complexity index is 1360. The summed E-state index contributed by atoms with van der Waals surface area (Å²) in [5.74, 6) is -0.885. The van der Waals surface area contributed by atoms with E-state index in [1.807, 2.05) is 13.8 Å². The normalized spacial score (nSPS) is 14.7. The Labute approximate surface area is 234 Å². The number of hydrogen-bond donors (Lipinski definition) is 1. The highest BCUT2D eigenvalue weighted by molar-refractivity contribution is 7.99. The highest BCUT2D eigenvalue weighted by Gasteiger charge is 2.43. The molecule has 0 aliphatic carbocycles. The van der Waals surface area contributed by atoms with E-state index < -0.39 is 26.9 Å². The Hall–Kier alpha value is -3.05. The zero-order chi connectivity index (χ0) is 28.9. The van der Waals surface area contributed by atoms with Gasteiger partial charge in [0.15, 0.2) is 11.5 Å². The zero-order valence-electron chi connectivity index (χ0n) is 23.2. The van der Waals surface area contributed by atoms with Gasteiger partial charge >= 0.3 is 0 Å². The molecule has 9 nitrogen and oxygen atoms in total. The summed E-state index contributed by atoms with van der Waals surface area (Å²) in [6, 6.07) is 8.48. The Morgan fingerprint density at radius 3 is 2.36 bits per heavy atom. The van der Waals surface area contributed by atoms with Gasteiger partial charge in [-0.3, -0.25) is 14.4 Å². The van der Waals surface area contributed by atoms with E-state index in [1.54, 1.807) is 30.3 Å². The fourth-order valence-corrected chi connectivity index (χ4v) is 7.21. The van der Waals surface area contributed by atoms with E-state index in [-0.39, 0.29) is 34.4 Å². The van der Waals surface area contributed by atoms with Gasteiger partial charge in [-0.2, -0.15) is 0 Å². The quantitative estimate of drug-likeness (QED) is 0.250. The molecule has 2 aromatic carbocycles. The number of nitrogens with one attached hydrogen (secondary N) is 1. The second kappa shape index (κ2) is 12.9. The maximum Gasteiger partial charge on any atom is 0.273 e. The Morgan fingerprint density at radius 1 is 1.08 bits per heavy atom. The maximum atomic E-state index is 13.8. The summed E-state index contributed by atoms with van der Waals surface area (Å²) >= 11 is 0.857. The van der Waals surface area contributed by atoms with Crippen LogP contribution >= 0.6 is 11.9 Å². The van der Waals surface area contributed by atoms with Crippen molar-refractivity contribution in [3.05, 3.63) is 52.6 Å². The minimum atomic E-state index is -3.51. The maximum absolute atomic E-state index is 13.8. The Morgan fingerprint density at radius 2 is 1.77 bits per heavy atom. The molecule has 0 radical (unpaired) electrons. The second-order valence-corrected chi connectivity index (χ2v) is 12.9. The molecule has 1 heterocycles. The molecule has 0 spiro atoms. The zero-order valence-corrected chi connectivity index (χ0v) is 24.8. The summed E-state index contributed by atoms with van der Waals surface area (Å²) in [5, 5.41) is 1.88. The molecule has 0 saturated heterocycles. The number of anilines is 1. The van der Waals surface area contributed by atoms with E-state index in [4.69, 9.17) is 9.47 Å². The third-order valence-electron chi connectivity index (χ3n) is 6.41. The van der Waals surface area contributed by atoms with E-state index in [2.05, 4.69) is 12.2 Å². The number of carbonyl (C=O) groups excluding carboxylic acids is 3. The predicted octanol–water partition coefficient (Wildman–Crippen LogP) is 5.38. The van der Waals surface area contributed by atoms with Crippen LogP contribution in [0.5, 0.6) is 11.5 Å². The summed E-state index contributed by atoms with van der Waals surface area (Å²) in [7, 11) is -2.01. The number of methoxy groups -OCH3 is 1. The van der Waals surface area contributed by atoms with Crippen molar-refractivity contribution in [1.82, 2.24) is 4.31 Å². The summed E-state index contributed by atoms with van der Waals surface area (Å²) in [5.41, 5.74) is 1.94. The molecule has 212 valence electrons. The molecule has 1 N–H and O–H groups in total. The molecule has 0 aromatic heterocycles. The lowest BCUT2D eigenvalue weighted by atomic mass is 9.89. The van der Waals surface area contributed by atoms with Crippen molar-refractivity contribution in [2.45, 2.75) is 58.1 Å². The van der Waals surface area contributed by atoms with Crippen molar-refractivity contribution >= 4 is 45.2 Å². The van der Waals surface area contributed by atoms with Crippen LogP contribution in [0.15, 0.2) is 30.3 Å². The Balaban J connectivity index is 2.08. The minimum absolute atomic E-state index is 0.00827. The first kappa shape index (κ1) is 30.5. The van der Waals surface area contributed by atoms with E-state index in [0.717, 1.165) is 47.3 Å². The van der Waals surface area contributed by atoms with Gasteiger partial charge in [-0.05, 0) is 60.5 Å². The molecule has 11 heteroatoms. The van der Waals surface area contributed by atoms with Crippen LogP contribution in [0.2, 0.25) is 0 Å². The van der Waals surface area contributed by atoms with Crippen LogP contribution in [0.4, 0.5) is 5.69 Å². The fraction of sp³-hybridized carbons (Fsp3) is 0.464. The standard InChI is InChI=1S/C28H36N2O7S2/c1-7-9-10-17(3)20-12-13-21(29-18(4)31)26-25(20)27(32)30(28(26)33)38-24(16-39(6,34)35)19-11-14-22(36-5)23(15-19)37-8-2/h11-15,17,24H,7-10,16H2,1-6H3,(H,29,31)/t17?,24-/m1/s1. The predicted molar refractivity (Wildman–Crippen MR) is 153 cm³/mol. The van der Waals surface area contributed by atoms with Gasteiger partial charge in [-0.25, -0.2) is 12.7 Å². The SMILES string of the molecule is CCCCC(C)c1ccc(NC(C)=O)c2c1C(=O)N(S[C@H](CS(C)(=O)=O)c1ccc(OC)c(OCC)c1)C2=O. The number of rotatable bonds is 13. The number of amides is 3. The molecule has 3 amide bonds. The van der Waals surface area contributed by atoms with Gasteiger partial charge in [0, 0.05) is 13.2 Å². The van der Waals surface area contributed by atoms with Crippen molar-refractivity contribution in [3.63, 3.8) is 0 Å². The highest BCUT2D eigenvalue weighted by Crippen LogP contribution is 2.44. The van der Waals surface area contributed by atoms with E-state index >= 15 is 0 Å². The topological polar surface area (TPSA) is 119 Å². The number of fused-ring (bicyclic) bond motifs is 1. The van der Waals surface area contributed by atoms with E-state index in [0.29, 0.717) is 23.7 Å². The van der Waals surface area contributed by atoms with Gasteiger partial charge in [0.2, 0.25) is 5.91 Å². The number of nitrogens with zero attached hydrogens (tertiary/aromatic N) is 1. The third-order valence-corrected chi connectivity index (χ3v) is 8.80. The van der Waals surface area contributed by atoms with Crippen molar-refractivity contribution in [1.29, 1.82) is 0 Å². The number of imide groups is 1. The molecule has 2 aromatic rings.